The quantitative estimate of drug-likeness (QED) is 0.666. The van der Waals surface area contributed by atoms with E-state index in [2.05, 4.69) is 21.0 Å². The number of benzene rings is 2. The van der Waals surface area contributed by atoms with Crippen LogP contribution in [0.5, 0.6) is 5.75 Å². The van der Waals surface area contributed by atoms with E-state index in [-0.39, 0.29) is 12.2 Å². The molecule has 0 radical (unpaired) electrons. The van der Waals surface area contributed by atoms with Gasteiger partial charge in [0.15, 0.2) is 6.61 Å². The Balaban J connectivity index is 1.46. The lowest BCUT2D eigenvalue weighted by molar-refractivity contribution is -0.123. The first-order valence-corrected chi connectivity index (χ1v) is 7.89. The van der Waals surface area contributed by atoms with Gasteiger partial charge < -0.3 is 9.26 Å². The predicted octanol–water partition coefficient (Wildman–Crippen LogP) is 2.02. The Morgan fingerprint density at radius 2 is 1.78 bits per heavy atom. The van der Waals surface area contributed by atoms with Crippen LogP contribution in [-0.2, 0) is 4.79 Å². The summed E-state index contributed by atoms with van der Waals surface area (Å²) in [6.07, 6.45) is 0. The van der Waals surface area contributed by atoms with Crippen LogP contribution < -0.4 is 15.6 Å². The second-order valence-electron chi connectivity index (χ2n) is 5.46. The van der Waals surface area contributed by atoms with Crippen LogP contribution >= 0.6 is 0 Å². The molecule has 3 rings (SSSR count). The van der Waals surface area contributed by atoms with E-state index in [4.69, 9.17) is 9.26 Å². The molecule has 138 valence electrons. The first-order chi connectivity index (χ1) is 13.0. The monoisotopic (exact) mass is 370 g/mol. The number of rotatable bonds is 5. The van der Waals surface area contributed by atoms with Gasteiger partial charge in [0.05, 0.1) is 0 Å². The highest BCUT2D eigenvalue weighted by molar-refractivity contribution is 5.95. The largest absolute Gasteiger partial charge is 0.484 e. The molecule has 1 heterocycles. The molecule has 0 unspecified atom stereocenters. The van der Waals surface area contributed by atoms with Crippen molar-refractivity contribution in [3.05, 3.63) is 65.8 Å². The van der Waals surface area contributed by atoms with Gasteiger partial charge in [-0.2, -0.15) is 4.98 Å². The average molecular weight is 370 g/mol. The van der Waals surface area contributed by atoms with E-state index in [1.54, 1.807) is 31.2 Å². The highest BCUT2D eigenvalue weighted by Gasteiger charge is 2.09. The van der Waals surface area contributed by atoms with Crippen LogP contribution in [0.4, 0.5) is 4.39 Å². The van der Waals surface area contributed by atoms with E-state index < -0.39 is 17.6 Å². The Labute approximate surface area is 153 Å². The molecule has 1 aromatic heterocycles. The van der Waals surface area contributed by atoms with Crippen LogP contribution in [0.1, 0.15) is 16.2 Å². The van der Waals surface area contributed by atoms with Crippen LogP contribution in [-0.4, -0.2) is 28.6 Å². The first kappa shape index (κ1) is 18.1. The van der Waals surface area contributed by atoms with Crippen molar-refractivity contribution in [2.45, 2.75) is 6.92 Å². The van der Waals surface area contributed by atoms with Gasteiger partial charge in [-0.3, -0.25) is 20.4 Å². The number of nitrogens with zero attached hydrogens (tertiary/aromatic N) is 2. The Morgan fingerprint density at radius 1 is 1.07 bits per heavy atom. The van der Waals surface area contributed by atoms with Gasteiger partial charge in [-0.15, -0.1) is 0 Å². The number of hydrazine groups is 1. The van der Waals surface area contributed by atoms with Gasteiger partial charge in [-0.1, -0.05) is 5.16 Å². The number of hydrogen-bond donors (Lipinski definition) is 2. The number of amides is 2. The van der Waals surface area contributed by atoms with Crippen molar-refractivity contribution in [1.29, 1.82) is 0 Å². The Bertz CT molecular complexity index is 939. The summed E-state index contributed by atoms with van der Waals surface area (Å²) in [6.45, 7) is 1.39. The summed E-state index contributed by atoms with van der Waals surface area (Å²) in [7, 11) is 0. The molecule has 0 aliphatic rings. The minimum Gasteiger partial charge on any atom is -0.484 e. The second kappa shape index (κ2) is 8.09. The number of halogens is 1. The zero-order valence-corrected chi connectivity index (χ0v) is 14.2. The predicted molar refractivity (Wildman–Crippen MR) is 92.0 cm³/mol. The molecule has 0 aliphatic heterocycles. The maximum absolute atomic E-state index is 12.8. The fraction of sp³-hybridized carbons (Fsp3) is 0.111. The standard InChI is InChI=1S/C18H15FN4O4/c1-11-20-17(23-27-11)12-4-8-15(9-5-12)26-10-16(24)21-22-18(25)13-2-6-14(19)7-3-13/h2-9H,10H2,1H3,(H,21,24)(H,22,25). The smallest absolute Gasteiger partial charge is 0.276 e. The molecule has 27 heavy (non-hydrogen) atoms. The van der Waals surface area contributed by atoms with Crippen LogP contribution in [0.15, 0.2) is 53.1 Å². The molecule has 0 saturated heterocycles. The molecule has 2 N–H and O–H groups in total. The van der Waals surface area contributed by atoms with Gasteiger partial charge in [0, 0.05) is 18.1 Å². The van der Waals surface area contributed by atoms with Crippen molar-refractivity contribution < 1.29 is 23.2 Å². The number of nitrogens with one attached hydrogen (secondary N) is 2. The van der Waals surface area contributed by atoms with Crippen LogP contribution in [0, 0.1) is 12.7 Å². The van der Waals surface area contributed by atoms with Gasteiger partial charge >= 0.3 is 0 Å². The lowest BCUT2D eigenvalue weighted by atomic mass is 10.2. The summed E-state index contributed by atoms with van der Waals surface area (Å²) < 4.78 is 23.1. The molecule has 0 saturated carbocycles. The lowest BCUT2D eigenvalue weighted by Crippen LogP contribution is -2.43. The van der Waals surface area contributed by atoms with Gasteiger partial charge in [0.2, 0.25) is 11.7 Å². The third kappa shape index (κ3) is 4.88. The van der Waals surface area contributed by atoms with Crippen LogP contribution in [0.3, 0.4) is 0 Å². The maximum Gasteiger partial charge on any atom is 0.276 e. The SMILES string of the molecule is Cc1nc(-c2ccc(OCC(=O)NNC(=O)c3ccc(F)cc3)cc2)no1. The van der Waals surface area contributed by atoms with Crippen molar-refractivity contribution in [3.63, 3.8) is 0 Å². The number of carbonyl (C=O) groups excluding carboxylic acids is 2. The van der Waals surface area contributed by atoms with Gasteiger partial charge in [0.25, 0.3) is 11.8 Å². The molecule has 3 aromatic rings. The molecule has 2 aromatic carbocycles. The molecule has 0 fully saturated rings. The zero-order valence-electron chi connectivity index (χ0n) is 14.2. The van der Waals surface area contributed by atoms with E-state index in [1.807, 2.05) is 0 Å². The number of aromatic nitrogens is 2. The summed E-state index contributed by atoms with van der Waals surface area (Å²) in [5.74, 6) is -0.195. The number of aryl methyl sites for hydroxylation is 1. The topological polar surface area (TPSA) is 106 Å². The average Bonchev–Trinajstić information content (AvgIpc) is 3.12. The summed E-state index contributed by atoms with van der Waals surface area (Å²) in [5, 5.41) is 3.81. The van der Waals surface area contributed by atoms with E-state index in [1.165, 1.54) is 12.1 Å². The van der Waals surface area contributed by atoms with Crippen LogP contribution in [0.25, 0.3) is 11.4 Å². The van der Waals surface area contributed by atoms with Crippen LogP contribution in [0.2, 0.25) is 0 Å². The normalized spacial score (nSPS) is 10.3. The minimum absolute atomic E-state index is 0.213. The van der Waals surface area contributed by atoms with E-state index in [0.29, 0.717) is 17.5 Å². The molecule has 0 atom stereocenters. The van der Waals surface area contributed by atoms with Crippen molar-refractivity contribution >= 4 is 11.8 Å². The maximum atomic E-state index is 12.8. The Hall–Kier alpha value is -3.75. The third-order valence-corrected chi connectivity index (χ3v) is 3.43. The van der Waals surface area contributed by atoms with E-state index >= 15 is 0 Å². The molecule has 0 spiro atoms. The summed E-state index contributed by atoms with van der Waals surface area (Å²) in [4.78, 5) is 27.7. The summed E-state index contributed by atoms with van der Waals surface area (Å²) in [6, 6.07) is 11.7. The number of hydrogen-bond acceptors (Lipinski definition) is 6. The Kier molecular flexibility index (Phi) is 5.41. The molecule has 8 nitrogen and oxygen atoms in total. The van der Waals surface area contributed by atoms with Crippen molar-refractivity contribution in [2.24, 2.45) is 0 Å². The zero-order chi connectivity index (χ0) is 19.2. The minimum atomic E-state index is -0.567. The molecule has 0 bridgehead atoms. The van der Waals surface area contributed by atoms with Crippen molar-refractivity contribution in [3.8, 4) is 17.1 Å². The van der Waals surface area contributed by atoms with Gasteiger partial charge in [-0.25, -0.2) is 4.39 Å². The summed E-state index contributed by atoms with van der Waals surface area (Å²) in [5.41, 5.74) is 5.39. The first-order valence-electron chi connectivity index (χ1n) is 7.89. The number of ether oxygens (including phenoxy) is 1. The van der Waals surface area contributed by atoms with Crippen molar-refractivity contribution in [2.75, 3.05) is 6.61 Å². The fourth-order valence-electron chi connectivity index (χ4n) is 2.10. The molecule has 2 amide bonds. The lowest BCUT2D eigenvalue weighted by Gasteiger charge is -2.09. The molecular formula is C18H15FN4O4. The highest BCUT2D eigenvalue weighted by Crippen LogP contribution is 2.19. The third-order valence-electron chi connectivity index (χ3n) is 3.43. The van der Waals surface area contributed by atoms with Gasteiger partial charge in [0.1, 0.15) is 11.6 Å². The Morgan fingerprint density at radius 3 is 2.41 bits per heavy atom. The second-order valence-corrected chi connectivity index (χ2v) is 5.46. The molecule has 9 heteroatoms. The molecule has 0 aliphatic carbocycles. The van der Waals surface area contributed by atoms with Crippen molar-refractivity contribution in [1.82, 2.24) is 21.0 Å². The van der Waals surface area contributed by atoms with E-state index in [0.717, 1.165) is 17.7 Å². The fourth-order valence-corrected chi connectivity index (χ4v) is 2.10. The highest BCUT2D eigenvalue weighted by atomic mass is 19.1. The molecular weight excluding hydrogens is 355 g/mol. The van der Waals surface area contributed by atoms with E-state index in [9.17, 15) is 14.0 Å². The summed E-state index contributed by atoms with van der Waals surface area (Å²) >= 11 is 0. The van der Waals surface area contributed by atoms with Gasteiger partial charge in [-0.05, 0) is 48.5 Å². The number of carbonyl (C=O) groups is 2.